The lowest BCUT2D eigenvalue weighted by Gasteiger charge is -2.13. The molecular formula is C9H12F2N2O. The van der Waals surface area contributed by atoms with Gasteiger partial charge in [0.05, 0.1) is 13.7 Å². The molecule has 0 saturated heterocycles. The Labute approximate surface area is 80.9 Å². The molecule has 0 radical (unpaired) electrons. The third-order valence-corrected chi connectivity index (χ3v) is 1.77. The fourth-order valence-corrected chi connectivity index (χ4v) is 1.04. The van der Waals surface area contributed by atoms with E-state index in [0.29, 0.717) is 11.4 Å². The maximum Gasteiger partial charge on any atom is 0.264 e. The summed E-state index contributed by atoms with van der Waals surface area (Å²) in [6.45, 7) is -0.655. The first-order chi connectivity index (χ1) is 6.57. The minimum absolute atomic E-state index is 0.329. The Hall–Kier alpha value is -1.23. The van der Waals surface area contributed by atoms with E-state index in [0.717, 1.165) is 0 Å². The number of pyridine rings is 1. The van der Waals surface area contributed by atoms with Crippen LogP contribution >= 0.6 is 0 Å². The van der Waals surface area contributed by atoms with Crippen LogP contribution in [0.1, 0.15) is 5.56 Å². The molecule has 1 rings (SSSR count). The Balaban J connectivity index is 2.76. The molecule has 0 unspecified atom stereocenters. The van der Waals surface area contributed by atoms with E-state index in [2.05, 4.69) is 4.98 Å². The van der Waals surface area contributed by atoms with Crippen molar-refractivity contribution in [2.24, 2.45) is 5.73 Å². The van der Waals surface area contributed by atoms with Gasteiger partial charge in [0.2, 0.25) is 5.88 Å². The Bertz CT molecular complexity index is 305. The number of hydrogen-bond donors (Lipinski definition) is 1. The van der Waals surface area contributed by atoms with Crippen LogP contribution in [0.25, 0.3) is 0 Å². The summed E-state index contributed by atoms with van der Waals surface area (Å²) in [5, 5.41) is 0. The second-order valence-corrected chi connectivity index (χ2v) is 2.94. The van der Waals surface area contributed by atoms with E-state index >= 15 is 0 Å². The van der Waals surface area contributed by atoms with Gasteiger partial charge in [0.25, 0.3) is 5.92 Å². The number of hydrogen-bond acceptors (Lipinski definition) is 3. The highest BCUT2D eigenvalue weighted by Crippen LogP contribution is 2.20. The van der Waals surface area contributed by atoms with Gasteiger partial charge in [0, 0.05) is 18.7 Å². The predicted octanol–water partition coefficient (Wildman–Crippen LogP) is 1.23. The highest BCUT2D eigenvalue weighted by atomic mass is 19.3. The summed E-state index contributed by atoms with van der Waals surface area (Å²) in [5.74, 6) is -2.54. The first-order valence-corrected chi connectivity index (χ1v) is 4.14. The zero-order valence-corrected chi connectivity index (χ0v) is 7.84. The Morgan fingerprint density at radius 2 is 2.29 bits per heavy atom. The summed E-state index contributed by atoms with van der Waals surface area (Å²) >= 11 is 0. The normalized spacial score (nSPS) is 11.4. The van der Waals surface area contributed by atoms with Gasteiger partial charge >= 0.3 is 0 Å². The topological polar surface area (TPSA) is 48.1 Å². The number of nitrogens with zero attached hydrogens (tertiary/aromatic N) is 1. The largest absolute Gasteiger partial charge is 0.481 e. The smallest absolute Gasteiger partial charge is 0.264 e. The molecular weight excluding hydrogens is 190 g/mol. The van der Waals surface area contributed by atoms with Gasteiger partial charge in [-0.3, -0.25) is 0 Å². The minimum Gasteiger partial charge on any atom is -0.481 e. The summed E-state index contributed by atoms with van der Waals surface area (Å²) in [6.07, 6.45) is 1.04. The first-order valence-electron chi connectivity index (χ1n) is 4.14. The Morgan fingerprint density at radius 3 is 2.86 bits per heavy atom. The maximum absolute atomic E-state index is 12.9. The Kier molecular flexibility index (Phi) is 3.35. The second kappa shape index (κ2) is 4.32. The van der Waals surface area contributed by atoms with E-state index in [4.69, 9.17) is 10.5 Å². The number of ether oxygens (including phenoxy) is 1. The Morgan fingerprint density at radius 1 is 1.57 bits per heavy atom. The lowest BCUT2D eigenvalue weighted by molar-refractivity contribution is 0.0114. The molecule has 14 heavy (non-hydrogen) atoms. The molecule has 0 bridgehead atoms. The van der Waals surface area contributed by atoms with Crippen LogP contribution in [0.2, 0.25) is 0 Å². The van der Waals surface area contributed by atoms with E-state index < -0.39 is 12.5 Å². The van der Waals surface area contributed by atoms with Crippen molar-refractivity contribution in [2.75, 3.05) is 13.7 Å². The molecule has 0 aliphatic heterocycles. The number of rotatable bonds is 4. The molecule has 78 valence electrons. The van der Waals surface area contributed by atoms with Crippen LogP contribution in [0, 0.1) is 0 Å². The molecule has 1 aromatic heterocycles. The van der Waals surface area contributed by atoms with E-state index in [1.54, 1.807) is 0 Å². The molecule has 3 nitrogen and oxygen atoms in total. The van der Waals surface area contributed by atoms with Crippen molar-refractivity contribution in [3.63, 3.8) is 0 Å². The van der Waals surface area contributed by atoms with Gasteiger partial charge in [-0.25, -0.2) is 13.8 Å². The standard InChI is InChI=1S/C9H12F2N2O/c1-14-8-4-7(2-3-13-8)5-9(10,11)6-12/h2-4H,5-6,12H2,1H3. The fourth-order valence-electron chi connectivity index (χ4n) is 1.04. The van der Waals surface area contributed by atoms with Crippen LogP contribution in [0.15, 0.2) is 18.3 Å². The number of halogens is 2. The second-order valence-electron chi connectivity index (χ2n) is 2.94. The molecule has 0 spiro atoms. The predicted molar refractivity (Wildman–Crippen MR) is 48.5 cm³/mol. The molecule has 0 aromatic carbocycles. The fraction of sp³-hybridized carbons (Fsp3) is 0.444. The lowest BCUT2D eigenvalue weighted by atomic mass is 10.1. The van der Waals surface area contributed by atoms with Gasteiger partial charge in [-0.2, -0.15) is 0 Å². The van der Waals surface area contributed by atoms with E-state index in [9.17, 15) is 8.78 Å². The van der Waals surface area contributed by atoms with Gasteiger partial charge < -0.3 is 10.5 Å². The molecule has 0 aliphatic rings. The number of methoxy groups -OCH3 is 1. The number of aromatic nitrogens is 1. The van der Waals surface area contributed by atoms with Crippen LogP contribution in [-0.4, -0.2) is 24.6 Å². The molecule has 1 heterocycles. The van der Waals surface area contributed by atoms with Gasteiger partial charge in [-0.05, 0) is 11.6 Å². The van der Waals surface area contributed by atoms with Crippen molar-refractivity contribution in [3.05, 3.63) is 23.9 Å². The van der Waals surface area contributed by atoms with Crippen LogP contribution in [-0.2, 0) is 6.42 Å². The summed E-state index contributed by atoms with van der Waals surface area (Å²) in [7, 11) is 1.44. The summed E-state index contributed by atoms with van der Waals surface area (Å²) < 4.78 is 30.6. The van der Waals surface area contributed by atoms with Crippen molar-refractivity contribution in [3.8, 4) is 5.88 Å². The monoisotopic (exact) mass is 202 g/mol. The molecule has 0 saturated carbocycles. The van der Waals surface area contributed by atoms with Crippen LogP contribution in [0.3, 0.4) is 0 Å². The summed E-state index contributed by atoms with van der Waals surface area (Å²) in [6, 6.07) is 3.00. The zero-order chi connectivity index (χ0) is 10.6. The number of alkyl halides is 2. The molecule has 0 aliphatic carbocycles. The van der Waals surface area contributed by atoms with Crippen LogP contribution in [0.4, 0.5) is 8.78 Å². The number of nitrogens with two attached hydrogens (primary N) is 1. The molecule has 0 fully saturated rings. The lowest BCUT2D eigenvalue weighted by Crippen LogP contribution is -2.30. The van der Waals surface area contributed by atoms with Crippen LogP contribution < -0.4 is 10.5 Å². The van der Waals surface area contributed by atoms with Gasteiger partial charge in [0.15, 0.2) is 0 Å². The molecule has 1 aromatic rings. The third-order valence-electron chi connectivity index (χ3n) is 1.77. The molecule has 0 atom stereocenters. The average Bonchev–Trinajstić information content (AvgIpc) is 2.17. The zero-order valence-electron chi connectivity index (χ0n) is 7.84. The van der Waals surface area contributed by atoms with Crippen molar-refractivity contribution in [1.82, 2.24) is 4.98 Å². The quantitative estimate of drug-likeness (QED) is 0.798. The molecule has 2 N–H and O–H groups in total. The molecule has 5 heteroatoms. The van der Waals surface area contributed by atoms with Gasteiger partial charge in [-0.15, -0.1) is 0 Å². The SMILES string of the molecule is COc1cc(CC(F)(F)CN)ccn1. The minimum atomic E-state index is -2.87. The van der Waals surface area contributed by atoms with E-state index in [1.165, 1.54) is 25.4 Å². The highest BCUT2D eigenvalue weighted by molar-refractivity contribution is 5.21. The van der Waals surface area contributed by atoms with E-state index in [-0.39, 0.29) is 6.42 Å². The summed E-state index contributed by atoms with van der Waals surface area (Å²) in [5.41, 5.74) is 5.39. The van der Waals surface area contributed by atoms with Gasteiger partial charge in [0.1, 0.15) is 0 Å². The maximum atomic E-state index is 12.9. The van der Waals surface area contributed by atoms with Gasteiger partial charge in [-0.1, -0.05) is 0 Å². The van der Waals surface area contributed by atoms with Crippen molar-refractivity contribution < 1.29 is 13.5 Å². The van der Waals surface area contributed by atoms with Crippen molar-refractivity contribution >= 4 is 0 Å². The molecule has 0 amide bonds. The summed E-state index contributed by atoms with van der Waals surface area (Å²) in [4.78, 5) is 3.82. The average molecular weight is 202 g/mol. The first kappa shape index (κ1) is 10.8. The van der Waals surface area contributed by atoms with E-state index in [1.807, 2.05) is 0 Å². The third kappa shape index (κ3) is 2.92. The highest BCUT2D eigenvalue weighted by Gasteiger charge is 2.27. The van der Waals surface area contributed by atoms with Crippen molar-refractivity contribution in [1.29, 1.82) is 0 Å². The van der Waals surface area contributed by atoms with Crippen molar-refractivity contribution in [2.45, 2.75) is 12.3 Å². The van der Waals surface area contributed by atoms with Crippen LogP contribution in [0.5, 0.6) is 5.88 Å².